The molecule has 0 bridgehead atoms. The maximum absolute atomic E-state index is 10.9. The Bertz CT molecular complexity index is 520. The Morgan fingerprint density at radius 1 is 1.45 bits per heavy atom. The highest BCUT2D eigenvalue weighted by Crippen LogP contribution is 2.38. The molecule has 0 radical (unpaired) electrons. The summed E-state index contributed by atoms with van der Waals surface area (Å²) in [4.78, 5) is 13.1. The fourth-order valence-electron chi connectivity index (χ4n) is 3.80. The minimum atomic E-state index is -0.317. The molecule has 2 saturated heterocycles. The number of nitro groups is 1. The van der Waals surface area contributed by atoms with Crippen LogP contribution in [0.5, 0.6) is 0 Å². The first-order valence-electron chi connectivity index (χ1n) is 7.28. The quantitative estimate of drug-likeness (QED) is 0.678. The number of fused-ring (bicyclic) bond motifs is 1. The topological polar surface area (TPSA) is 58.4 Å². The van der Waals surface area contributed by atoms with Gasteiger partial charge < -0.3 is 5.32 Å². The molecule has 108 valence electrons. The van der Waals surface area contributed by atoms with Crippen LogP contribution in [-0.2, 0) is 0 Å². The molecule has 1 aromatic carbocycles. The number of benzene rings is 1. The summed E-state index contributed by atoms with van der Waals surface area (Å²) in [6, 6.07) is 7.82. The molecule has 0 spiro atoms. The van der Waals surface area contributed by atoms with Gasteiger partial charge >= 0.3 is 0 Å². The lowest BCUT2D eigenvalue weighted by Gasteiger charge is -2.30. The van der Waals surface area contributed by atoms with Gasteiger partial charge in [0.05, 0.1) is 4.92 Å². The number of likely N-dealkylation sites (tertiary alicyclic amines) is 1. The van der Waals surface area contributed by atoms with Crippen molar-refractivity contribution in [1.29, 1.82) is 0 Å². The van der Waals surface area contributed by atoms with Gasteiger partial charge in [0.2, 0.25) is 0 Å². The van der Waals surface area contributed by atoms with E-state index in [0.717, 1.165) is 37.0 Å². The van der Waals surface area contributed by atoms with E-state index in [0.29, 0.717) is 6.04 Å². The number of rotatable bonds is 3. The summed E-state index contributed by atoms with van der Waals surface area (Å²) in [6.45, 7) is 7.73. The predicted molar refractivity (Wildman–Crippen MR) is 77.5 cm³/mol. The van der Waals surface area contributed by atoms with Gasteiger partial charge in [-0.25, -0.2) is 0 Å². The van der Waals surface area contributed by atoms with E-state index in [2.05, 4.69) is 24.1 Å². The van der Waals surface area contributed by atoms with Crippen LogP contribution in [0.25, 0.3) is 0 Å². The Kier molecular flexibility index (Phi) is 3.48. The average Bonchev–Trinajstić information content (AvgIpc) is 3.02. The maximum Gasteiger partial charge on any atom is 0.269 e. The number of nitro benzene ring substituents is 1. The van der Waals surface area contributed by atoms with Crippen molar-refractivity contribution in [3.8, 4) is 0 Å². The zero-order chi connectivity index (χ0) is 14.3. The van der Waals surface area contributed by atoms with Crippen LogP contribution in [0.1, 0.15) is 25.5 Å². The highest BCUT2D eigenvalue weighted by Gasteiger charge is 2.43. The van der Waals surface area contributed by atoms with Gasteiger partial charge in [-0.3, -0.25) is 15.0 Å². The van der Waals surface area contributed by atoms with Gasteiger partial charge in [-0.15, -0.1) is 0 Å². The maximum atomic E-state index is 10.9. The Hall–Kier alpha value is -1.46. The Balaban J connectivity index is 1.80. The Morgan fingerprint density at radius 2 is 2.25 bits per heavy atom. The number of nitrogens with one attached hydrogen (secondary N) is 1. The molecule has 2 aliphatic rings. The molecule has 3 rings (SSSR count). The Labute approximate surface area is 119 Å². The number of nitrogens with zero attached hydrogens (tertiary/aromatic N) is 2. The van der Waals surface area contributed by atoms with Crippen molar-refractivity contribution in [1.82, 2.24) is 10.2 Å². The normalized spacial score (nSPS) is 31.2. The van der Waals surface area contributed by atoms with Crippen LogP contribution in [0.15, 0.2) is 24.3 Å². The highest BCUT2D eigenvalue weighted by atomic mass is 16.6. The van der Waals surface area contributed by atoms with Crippen molar-refractivity contribution < 1.29 is 4.92 Å². The molecule has 0 aliphatic carbocycles. The van der Waals surface area contributed by atoms with Crippen molar-refractivity contribution in [2.75, 3.05) is 19.6 Å². The molecule has 1 N–H and O–H groups in total. The zero-order valence-corrected chi connectivity index (χ0v) is 12.0. The summed E-state index contributed by atoms with van der Waals surface area (Å²) < 4.78 is 0. The van der Waals surface area contributed by atoms with Gasteiger partial charge in [0.15, 0.2) is 0 Å². The summed E-state index contributed by atoms with van der Waals surface area (Å²) in [7, 11) is 0. The fourth-order valence-corrected chi connectivity index (χ4v) is 3.80. The first kappa shape index (κ1) is 13.5. The zero-order valence-electron chi connectivity index (χ0n) is 12.0. The van der Waals surface area contributed by atoms with Gasteiger partial charge in [0.1, 0.15) is 0 Å². The molecule has 5 heteroatoms. The third-order valence-electron chi connectivity index (χ3n) is 5.04. The van der Waals surface area contributed by atoms with Gasteiger partial charge in [-0.1, -0.05) is 12.1 Å². The first-order chi connectivity index (χ1) is 9.58. The average molecular weight is 275 g/mol. The van der Waals surface area contributed by atoms with Gasteiger partial charge in [0, 0.05) is 30.8 Å². The molecular formula is C15H21N3O2. The summed E-state index contributed by atoms with van der Waals surface area (Å²) in [5.74, 6) is 1.45. The molecule has 5 nitrogen and oxygen atoms in total. The van der Waals surface area contributed by atoms with Crippen LogP contribution in [0.3, 0.4) is 0 Å². The molecule has 0 amide bonds. The standard InChI is InChI=1S/C15H21N3O2/c1-10(12-4-3-5-14(6-12)18(19)20)17-9-13-7-16-8-15(13)11(17)2/h3-6,10-11,13,15-16H,7-9H2,1-2H3. The number of hydrogen-bond donors (Lipinski definition) is 1. The van der Waals surface area contributed by atoms with Crippen molar-refractivity contribution in [2.45, 2.75) is 25.9 Å². The van der Waals surface area contributed by atoms with Crippen LogP contribution in [0.4, 0.5) is 5.69 Å². The second-order valence-electron chi connectivity index (χ2n) is 6.05. The summed E-state index contributed by atoms with van der Waals surface area (Å²) in [6.07, 6.45) is 0. The Morgan fingerprint density at radius 3 is 2.95 bits per heavy atom. The molecular weight excluding hydrogens is 254 g/mol. The van der Waals surface area contributed by atoms with Crippen LogP contribution in [0, 0.1) is 22.0 Å². The first-order valence-corrected chi connectivity index (χ1v) is 7.28. The monoisotopic (exact) mass is 275 g/mol. The number of non-ortho nitro benzene ring substituents is 1. The van der Waals surface area contributed by atoms with E-state index in [1.54, 1.807) is 18.2 Å². The molecule has 1 aromatic rings. The lowest BCUT2D eigenvalue weighted by atomic mass is 9.95. The molecule has 4 unspecified atom stereocenters. The molecule has 0 saturated carbocycles. The van der Waals surface area contributed by atoms with Gasteiger partial charge in [0.25, 0.3) is 5.69 Å². The van der Waals surface area contributed by atoms with Crippen LogP contribution < -0.4 is 5.32 Å². The lowest BCUT2D eigenvalue weighted by molar-refractivity contribution is -0.385. The van der Waals surface area contributed by atoms with E-state index in [1.165, 1.54) is 0 Å². The second-order valence-corrected chi connectivity index (χ2v) is 6.05. The molecule has 2 heterocycles. The third-order valence-corrected chi connectivity index (χ3v) is 5.04. The van der Waals surface area contributed by atoms with Crippen molar-refractivity contribution in [3.05, 3.63) is 39.9 Å². The van der Waals surface area contributed by atoms with E-state index in [9.17, 15) is 10.1 Å². The lowest BCUT2D eigenvalue weighted by Crippen LogP contribution is -2.35. The molecule has 2 fully saturated rings. The minimum Gasteiger partial charge on any atom is -0.316 e. The van der Waals surface area contributed by atoms with Gasteiger partial charge in [-0.05, 0) is 44.3 Å². The largest absolute Gasteiger partial charge is 0.316 e. The second kappa shape index (κ2) is 5.14. The molecule has 20 heavy (non-hydrogen) atoms. The van der Waals surface area contributed by atoms with Crippen molar-refractivity contribution >= 4 is 5.69 Å². The molecule has 4 atom stereocenters. The van der Waals surface area contributed by atoms with Crippen molar-refractivity contribution in [3.63, 3.8) is 0 Å². The van der Waals surface area contributed by atoms with E-state index in [1.807, 2.05) is 6.07 Å². The highest BCUT2D eigenvalue weighted by molar-refractivity contribution is 5.35. The smallest absolute Gasteiger partial charge is 0.269 e. The van der Waals surface area contributed by atoms with Crippen LogP contribution in [-0.4, -0.2) is 35.5 Å². The summed E-state index contributed by atoms with van der Waals surface area (Å²) in [5.41, 5.74) is 1.22. The molecule has 2 aliphatic heterocycles. The van der Waals surface area contributed by atoms with E-state index in [4.69, 9.17) is 0 Å². The van der Waals surface area contributed by atoms with Gasteiger partial charge in [-0.2, -0.15) is 0 Å². The van der Waals surface area contributed by atoms with E-state index in [-0.39, 0.29) is 16.7 Å². The van der Waals surface area contributed by atoms with E-state index >= 15 is 0 Å². The van der Waals surface area contributed by atoms with Crippen LogP contribution >= 0.6 is 0 Å². The predicted octanol–water partition coefficient (Wildman–Crippen LogP) is 2.20. The summed E-state index contributed by atoms with van der Waals surface area (Å²) >= 11 is 0. The van der Waals surface area contributed by atoms with Crippen LogP contribution in [0.2, 0.25) is 0 Å². The van der Waals surface area contributed by atoms with E-state index < -0.39 is 0 Å². The number of hydrogen-bond acceptors (Lipinski definition) is 4. The SMILES string of the molecule is CC(c1cccc([N+](=O)[O-])c1)N1CC2CNCC2C1C. The summed E-state index contributed by atoms with van der Waals surface area (Å²) in [5, 5.41) is 14.4. The molecule has 0 aromatic heterocycles. The van der Waals surface area contributed by atoms with Crippen molar-refractivity contribution in [2.24, 2.45) is 11.8 Å². The minimum absolute atomic E-state index is 0.183. The fraction of sp³-hybridized carbons (Fsp3) is 0.600. The third kappa shape index (κ3) is 2.21.